The molecule has 0 aliphatic carbocycles. The number of nitrogens with one attached hydrogen (secondary N) is 1. The van der Waals surface area contributed by atoms with Crippen LogP contribution in [0.5, 0.6) is 5.75 Å². The number of benzene rings is 2. The van der Waals surface area contributed by atoms with Crippen LogP contribution in [0.15, 0.2) is 42.5 Å². The van der Waals surface area contributed by atoms with Crippen LogP contribution in [0, 0.1) is 10.1 Å². The molecule has 0 saturated carbocycles. The summed E-state index contributed by atoms with van der Waals surface area (Å²) < 4.78 is 11.5. The summed E-state index contributed by atoms with van der Waals surface area (Å²) >= 11 is 0. The molecule has 0 spiro atoms. The van der Waals surface area contributed by atoms with E-state index in [1.807, 2.05) is 13.8 Å². The zero-order chi connectivity index (χ0) is 17.8. The maximum absolute atomic E-state index is 12.4. The third-order valence-corrected chi connectivity index (χ3v) is 4.47. The molecule has 7 nitrogen and oxygen atoms in total. The predicted octanol–water partition coefficient (Wildman–Crippen LogP) is 3.46. The van der Waals surface area contributed by atoms with E-state index >= 15 is 0 Å². The van der Waals surface area contributed by atoms with E-state index in [4.69, 9.17) is 9.47 Å². The monoisotopic (exact) mass is 340 g/mol. The molecule has 7 heteroatoms. The summed E-state index contributed by atoms with van der Waals surface area (Å²) in [7, 11) is 0. The molecule has 2 aromatic rings. The second kappa shape index (κ2) is 5.29. The van der Waals surface area contributed by atoms with Crippen molar-refractivity contribution in [1.29, 1.82) is 0 Å². The summed E-state index contributed by atoms with van der Waals surface area (Å²) in [5.41, 5.74) is 0.527. The minimum absolute atomic E-state index is 0.0841. The first-order chi connectivity index (χ1) is 11.9. The molecule has 1 saturated heterocycles. The molecule has 0 bridgehead atoms. The van der Waals surface area contributed by atoms with Crippen molar-refractivity contribution in [2.45, 2.75) is 31.7 Å². The van der Waals surface area contributed by atoms with Gasteiger partial charge in [0.1, 0.15) is 29.2 Å². The topological polar surface area (TPSA) is 94.0 Å². The largest absolute Gasteiger partial charge is 0.484 e. The van der Waals surface area contributed by atoms with Crippen LogP contribution in [0.3, 0.4) is 0 Å². The van der Waals surface area contributed by atoms with E-state index in [1.54, 1.807) is 36.4 Å². The van der Waals surface area contributed by atoms with E-state index in [-0.39, 0.29) is 23.6 Å². The van der Waals surface area contributed by atoms with Crippen molar-refractivity contribution in [2.75, 3.05) is 5.32 Å². The highest BCUT2D eigenvalue weighted by Gasteiger charge is 2.57. The van der Waals surface area contributed by atoms with Crippen molar-refractivity contribution < 1.29 is 19.2 Å². The molecule has 4 rings (SSSR count). The Morgan fingerprint density at radius 3 is 2.64 bits per heavy atom. The van der Waals surface area contributed by atoms with Crippen molar-refractivity contribution in [3.8, 4) is 5.75 Å². The lowest BCUT2D eigenvalue weighted by molar-refractivity contribution is -0.384. The molecule has 128 valence electrons. The number of carbonyl (C=O) groups excluding carboxylic acids is 1. The van der Waals surface area contributed by atoms with Crippen molar-refractivity contribution in [3.05, 3.63) is 63.7 Å². The molecule has 25 heavy (non-hydrogen) atoms. The fourth-order valence-corrected chi connectivity index (χ4v) is 3.15. The van der Waals surface area contributed by atoms with Crippen LogP contribution in [0.4, 0.5) is 11.4 Å². The fourth-order valence-electron chi connectivity index (χ4n) is 3.15. The second-order valence-electron chi connectivity index (χ2n) is 6.67. The van der Waals surface area contributed by atoms with E-state index in [0.29, 0.717) is 11.3 Å². The summed E-state index contributed by atoms with van der Waals surface area (Å²) in [6.45, 7) is 3.77. The average Bonchev–Trinajstić information content (AvgIpc) is 3.37. The molecule has 0 aromatic heterocycles. The SMILES string of the molecule is CC1(C)Oc2cc([N+](=O)[O-])c(NC(=O)c3ccccc3)cc2C2OC21. The summed E-state index contributed by atoms with van der Waals surface area (Å²) in [6.07, 6.45) is -0.244. The Morgan fingerprint density at radius 1 is 1.24 bits per heavy atom. The minimum atomic E-state index is -0.541. The van der Waals surface area contributed by atoms with Gasteiger partial charge in [-0.1, -0.05) is 18.2 Å². The van der Waals surface area contributed by atoms with Crippen LogP contribution in [0.1, 0.15) is 35.9 Å². The van der Waals surface area contributed by atoms with Crippen LogP contribution >= 0.6 is 0 Å². The normalized spacial score (nSPS) is 22.2. The maximum atomic E-state index is 12.4. The van der Waals surface area contributed by atoms with E-state index in [0.717, 1.165) is 5.56 Å². The van der Waals surface area contributed by atoms with Gasteiger partial charge in [-0.25, -0.2) is 0 Å². The number of nitrogens with zero attached hydrogens (tertiary/aromatic N) is 1. The molecule has 0 radical (unpaired) electrons. The van der Waals surface area contributed by atoms with Gasteiger partial charge in [0.2, 0.25) is 0 Å². The third kappa shape index (κ3) is 2.62. The van der Waals surface area contributed by atoms with Gasteiger partial charge in [0.05, 0.1) is 11.0 Å². The Bertz CT molecular complexity index is 879. The van der Waals surface area contributed by atoms with Crippen molar-refractivity contribution in [3.63, 3.8) is 0 Å². The van der Waals surface area contributed by atoms with E-state index < -0.39 is 16.4 Å². The molecule has 2 aliphatic heterocycles. The van der Waals surface area contributed by atoms with Gasteiger partial charge < -0.3 is 14.8 Å². The summed E-state index contributed by atoms with van der Waals surface area (Å²) in [5, 5.41) is 14.1. The Kier molecular flexibility index (Phi) is 3.30. The molecule has 1 fully saturated rings. The summed E-state index contributed by atoms with van der Waals surface area (Å²) in [6, 6.07) is 11.5. The number of ether oxygens (including phenoxy) is 2. The number of hydrogen-bond donors (Lipinski definition) is 1. The molecule has 1 N–H and O–H groups in total. The lowest BCUT2D eigenvalue weighted by Crippen LogP contribution is -2.37. The van der Waals surface area contributed by atoms with Crippen LogP contribution in [0.25, 0.3) is 0 Å². The minimum Gasteiger partial charge on any atom is -0.484 e. The molecular formula is C18H16N2O5. The first kappa shape index (κ1) is 15.6. The lowest BCUT2D eigenvalue weighted by Gasteiger charge is -2.29. The van der Waals surface area contributed by atoms with Crippen molar-refractivity contribution in [1.82, 2.24) is 0 Å². The Labute approximate surface area is 143 Å². The number of hydrogen-bond acceptors (Lipinski definition) is 5. The summed E-state index contributed by atoms with van der Waals surface area (Å²) in [5.74, 6) is 0.0159. The Balaban J connectivity index is 1.72. The van der Waals surface area contributed by atoms with Gasteiger partial charge in [0, 0.05) is 11.1 Å². The number of amides is 1. The molecule has 2 atom stereocenters. The second-order valence-corrected chi connectivity index (χ2v) is 6.67. The quantitative estimate of drug-likeness (QED) is 0.524. The lowest BCUT2D eigenvalue weighted by atomic mass is 9.93. The molecule has 2 aromatic carbocycles. The number of anilines is 1. The molecule has 2 heterocycles. The van der Waals surface area contributed by atoms with Crippen LogP contribution < -0.4 is 10.1 Å². The van der Waals surface area contributed by atoms with E-state index in [2.05, 4.69) is 5.32 Å². The molecule has 2 unspecified atom stereocenters. The Hall–Kier alpha value is -2.93. The van der Waals surface area contributed by atoms with Gasteiger partial charge in [-0.2, -0.15) is 0 Å². The molecule has 2 aliphatic rings. The van der Waals surface area contributed by atoms with Crippen molar-refractivity contribution in [2.24, 2.45) is 0 Å². The van der Waals surface area contributed by atoms with Crippen LogP contribution in [0.2, 0.25) is 0 Å². The highest BCUT2D eigenvalue weighted by atomic mass is 16.6. The predicted molar refractivity (Wildman–Crippen MR) is 89.8 cm³/mol. The highest BCUT2D eigenvalue weighted by Crippen LogP contribution is 2.55. The van der Waals surface area contributed by atoms with Gasteiger partial charge in [-0.15, -0.1) is 0 Å². The van der Waals surface area contributed by atoms with Gasteiger partial charge in [-0.3, -0.25) is 14.9 Å². The number of rotatable bonds is 3. The highest BCUT2D eigenvalue weighted by molar-refractivity contribution is 6.05. The number of nitro benzene ring substituents is 1. The number of fused-ring (bicyclic) bond motifs is 3. The molecule has 1 amide bonds. The molecular weight excluding hydrogens is 324 g/mol. The number of carbonyl (C=O) groups is 1. The van der Waals surface area contributed by atoms with E-state index in [1.165, 1.54) is 6.07 Å². The van der Waals surface area contributed by atoms with Gasteiger partial charge in [0.25, 0.3) is 11.6 Å². The third-order valence-electron chi connectivity index (χ3n) is 4.47. The fraction of sp³-hybridized carbons (Fsp3) is 0.278. The zero-order valence-corrected chi connectivity index (χ0v) is 13.7. The first-order valence-electron chi connectivity index (χ1n) is 7.90. The summed E-state index contributed by atoms with van der Waals surface area (Å²) in [4.78, 5) is 23.3. The first-order valence-corrected chi connectivity index (χ1v) is 7.90. The zero-order valence-electron chi connectivity index (χ0n) is 13.7. The van der Waals surface area contributed by atoms with Crippen molar-refractivity contribution >= 4 is 17.3 Å². The Morgan fingerprint density at radius 2 is 1.96 bits per heavy atom. The number of epoxide rings is 1. The van der Waals surface area contributed by atoms with E-state index in [9.17, 15) is 14.9 Å². The van der Waals surface area contributed by atoms with Crippen LogP contribution in [-0.4, -0.2) is 22.5 Å². The standard InChI is InChI=1S/C18H16N2O5/c1-18(2)16-15(24-16)11-8-12(13(20(22)23)9-14(11)25-18)19-17(21)10-6-4-3-5-7-10/h3-9,15-16H,1-2H3,(H,19,21). The smallest absolute Gasteiger partial charge is 0.296 e. The average molecular weight is 340 g/mol. The van der Waals surface area contributed by atoms with Gasteiger partial charge >= 0.3 is 0 Å². The maximum Gasteiger partial charge on any atom is 0.296 e. The van der Waals surface area contributed by atoms with Crippen LogP contribution in [-0.2, 0) is 4.74 Å². The van der Waals surface area contributed by atoms with Gasteiger partial charge in [0.15, 0.2) is 0 Å². The van der Waals surface area contributed by atoms with Gasteiger partial charge in [-0.05, 0) is 32.0 Å². The number of nitro groups is 1.